The Balaban J connectivity index is 2.32. The van der Waals surface area contributed by atoms with Gasteiger partial charge in [-0.3, -0.25) is 4.98 Å². The van der Waals surface area contributed by atoms with Crippen molar-refractivity contribution >= 4 is 22.7 Å². The summed E-state index contributed by atoms with van der Waals surface area (Å²) in [5, 5.41) is 1.20. The van der Waals surface area contributed by atoms with Crippen molar-refractivity contribution < 1.29 is 0 Å². The molecule has 0 fully saturated rings. The highest BCUT2D eigenvalue weighted by Gasteiger charge is 1.96. The number of benzene rings is 1. The van der Waals surface area contributed by atoms with Gasteiger partial charge in [-0.15, -0.1) is 0 Å². The van der Waals surface area contributed by atoms with E-state index in [0.29, 0.717) is 0 Å². The van der Waals surface area contributed by atoms with E-state index in [2.05, 4.69) is 30.1 Å². The molecule has 2 aromatic rings. The van der Waals surface area contributed by atoms with Crippen LogP contribution in [0.4, 0.5) is 0 Å². The number of hydrogen-bond acceptors (Lipinski definition) is 2. The molecule has 0 unspecified atom stereocenters. The van der Waals surface area contributed by atoms with Gasteiger partial charge in [-0.05, 0) is 24.8 Å². The van der Waals surface area contributed by atoms with Gasteiger partial charge in [0.25, 0.3) is 0 Å². The van der Waals surface area contributed by atoms with Crippen molar-refractivity contribution in [1.82, 2.24) is 4.98 Å². The van der Waals surface area contributed by atoms with Crippen LogP contribution in [0, 0.1) is 6.92 Å². The van der Waals surface area contributed by atoms with Gasteiger partial charge in [0, 0.05) is 11.1 Å². The van der Waals surface area contributed by atoms with Gasteiger partial charge in [0.2, 0.25) is 0 Å². The fraction of sp³-hybridized carbons (Fsp3) is 0.167. The van der Waals surface area contributed by atoms with Crippen molar-refractivity contribution in [1.29, 1.82) is 0 Å². The molecule has 0 aliphatic carbocycles. The standard InChI is InChI=1S/C12H12NS/c1-2-14-9-11-8-7-10-5-3-4-6-12(10)13-11/h3-8H,1-2,9H2. The fourth-order valence-electron chi connectivity index (χ4n) is 1.37. The molecule has 71 valence electrons. The molecule has 0 saturated heterocycles. The first-order valence-electron chi connectivity index (χ1n) is 4.62. The zero-order valence-corrected chi connectivity index (χ0v) is 8.76. The van der Waals surface area contributed by atoms with Crippen LogP contribution in [0.15, 0.2) is 36.4 Å². The maximum atomic E-state index is 4.56. The Morgan fingerprint density at radius 1 is 1.14 bits per heavy atom. The molecule has 14 heavy (non-hydrogen) atoms. The second-order valence-electron chi connectivity index (χ2n) is 3.05. The molecule has 1 aromatic carbocycles. The van der Waals surface area contributed by atoms with Gasteiger partial charge in [0.15, 0.2) is 0 Å². The van der Waals surface area contributed by atoms with Crippen molar-refractivity contribution in [2.45, 2.75) is 5.75 Å². The Morgan fingerprint density at radius 2 is 2.00 bits per heavy atom. The van der Waals surface area contributed by atoms with E-state index in [1.165, 1.54) is 5.39 Å². The van der Waals surface area contributed by atoms with E-state index in [0.717, 1.165) is 22.7 Å². The van der Waals surface area contributed by atoms with Crippen LogP contribution in [-0.2, 0) is 5.75 Å². The van der Waals surface area contributed by atoms with Crippen LogP contribution < -0.4 is 0 Å². The highest BCUT2D eigenvalue weighted by atomic mass is 32.2. The van der Waals surface area contributed by atoms with Gasteiger partial charge in [0.1, 0.15) is 0 Å². The molecule has 0 amide bonds. The topological polar surface area (TPSA) is 12.9 Å². The lowest BCUT2D eigenvalue weighted by Gasteiger charge is -2.01. The Bertz CT molecular complexity index is 425. The molecule has 2 rings (SSSR count). The minimum atomic E-state index is 0.897. The molecule has 1 aromatic heterocycles. The first kappa shape index (κ1) is 9.53. The molecule has 1 heterocycles. The van der Waals surface area contributed by atoms with E-state index < -0.39 is 0 Å². The zero-order chi connectivity index (χ0) is 9.80. The summed E-state index contributed by atoms with van der Waals surface area (Å²) in [4.78, 5) is 4.56. The Kier molecular flexibility index (Phi) is 3.04. The number of nitrogens with zero attached hydrogens (tertiary/aromatic N) is 1. The van der Waals surface area contributed by atoms with Crippen LogP contribution in [0.3, 0.4) is 0 Å². The molecular formula is C12H12NS. The average molecular weight is 202 g/mol. The number of aromatic nitrogens is 1. The summed E-state index contributed by atoms with van der Waals surface area (Å²) in [6.07, 6.45) is 0. The quantitative estimate of drug-likeness (QED) is 0.757. The molecule has 0 saturated carbocycles. The lowest BCUT2D eigenvalue weighted by molar-refractivity contribution is 1.22. The molecule has 2 heteroatoms. The largest absolute Gasteiger partial charge is 0.252 e. The number of thioether (sulfide) groups is 1. The highest BCUT2D eigenvalue weighted by Crippen LogP contribution is 2.15. The third-order valence-electron chi connectivity index (χ3n) is 2.05. The molecule has 0 aliphatic heterocycles. The lowest BCUT2D eigenvalue weighted by atomic mass is 10.2. The number of rotatable bonds is 3. The predicted molar refractivity (Wildman–Crippen MR) is 63.3 cm³/mol. The first-order valence-corrected chi connectivity index (χ1v) is 5.77. The predicted octanol–water partition coefficient (Wildman–Crippen LogP) is 3.30. The van der Waals surface area contributed by atoms with E-state index in [9.17, 15) is 0 Å². The molecule has 0 aliphatic rings. The second kappa shape index (κ2) is 4.47. The Hall–Kier alpha value is -1.02. The van der Waals surface area contributed by atoms with Gasteiger partial charge in [-0.2, -0.15) is 11.8 Å². The maximum Gasteiger partial charge on any atom is 0.0705 e. The third kappa shape index (κ3) is 2.07. The van der Waals surface area contributed by atoms with Crippen LogP contribution in [0.5, 0.6) is 0 Å². The molecule has 1 nitrogen and oxygen atoms in total. The van der Waals surface area contributed by atoms with Crippen molar-refractivity contribution in [3.8, 4) is 0 Å². The third-order valence-corrected chi connectivity index (χ3v) is 2.84. The lowest BCUT2D eigenvalue weighted by Crippen LogP contribution is -1.87. The van der Waals surface area contributed by atoms with E-state index >= 15 is 0 Å². The Labute approximate surface area is 88.6 Å². The van der Waals surface area contributed by atoms with E-state index in [1.54, 1.807) is 11.8 Å². The zero-order valence-electron chi connectivity index (χ0n) is 7.94. The average Bonchev–Trinajstić information content (AvgIpc) is 2.26. The van der Waals surface area contributed by atoms with E-state index in [-0.39, 0.29) is 0 Å². The van der Waals surface area contributed by atoms with Crippen molar-refractivity contribution in [3.05, 3.63) is 49.0 Å². The van der Waals surface area contributed by atoms with Crippen molar-refractivity contribution in [3.63, 3.8) is 0 Å². The normalized spacial score (nSPS) is 10.6. The van der Waals surface area contributed by atoms with Gasteiger partial charge in [0.05, 0.1) is 11.2 Å². The summed E-state index contributed by atoms with van der Waals surface area (Å²) < 4.78 is 0. The van der Waals surface area contributed by atoms with E-state index in [1.807, 2.05) is 18.2 Å². The Morgan fingerprint density at radius 3 is 2.86 bits per heavy atom. The molecule has 0 atom stereocenters. The van der Waals surface area contributed by atoms with Gasteiger partial charge in [-0.25, -0.2) is 0 Å². The smallest absolute Gasteiger partial charge is 0.0705 e. The second-order valence-corrected chi connectivity index (χ2v) is 4.15. The van der Waals surface area contributed by atoms with Crippen LogP contribution >= 0.6 is 11.8 Å². The molecule has 1 radical (unpaired) electrons. The molecule has 0 bridgehead atoms. The monoisotopic (exact) mass is 202 g/mol. The molecule has 0 N–H and O–H groups in total. The van der Waals surface area contributed by atoms with Gasteiger partial charge >= 0.3 is 0 Å². The summed E-state index contributed by atoms with van der Waals surface area (Å²) in [5.74, 6) is 1.85. The van der Waals surface area contributed by atoms with Crippen molar-refractivity contribution in [2.75, 3.05) is 5.75 Å². The van der Waals surface area contributed by atoms with Crippen LogP contribution in [0.25, 0.3) is 10.9 Å². The highest BCUT2D eigenvalue weighted by molar-refractivity contribution is 7.98. The minimum absolute atomic E-state index is 0.897. The maximum absolute atomic E-state index is 4.56. The van der Waals surface area contributed by atoms with E-state index in [4.69, 9.17) is 0 Å². The number of para-hydroxylation sites is 1. The number of hydrogen-bond donors (Lipinski definition) is 0. The summed E-state index contributed by atoms with van der Waals surface area (Å²) in [7, 11) is 0. The first-order chi connectivity index (χ1) is 6.90. The number of pyridine rings is 1. The minimum Gasteiger partial charge on any atom is -0.252 e. The fourth-order valence-corrected chi connectivity index (χ4v) is 1.88. The number of fused-ring (bicyclic) bond motifs is 1. The summed E-state index contributed by atoms with van der Waals surface area (Å²) in [5.41, 5.74) is 2.21. The van der Waals surface area contributed by atoms with Crippen LogP contribution in [0.2, 0.25) is 0 Å². The summed E-state index contributed by atoms with van der Waals surface area (Å²) in [6, 6.07) is 12.4. The van der Waals surface area contributed by atoms with Crippen LogP contribution in [-0.4, -0.2) is 10.7 Å². The summed E-state index contributed by atoms with van der Waals surface area (Å²) >= 11 is 1.80. The van der Waals surface area contributed by atoms with Gasteiger partial charge < -0.3 is 0 Å². The SMILES string of the molecule is [CH2]CSCc1ccc2ccccc2n1. The van der Waals surface area contributed by atoms with Gasteiger partial charge in [-0.1, -0.05) is 24.3 Å². The van der Waals surface area contributed by atoms with Crippen molar-refractivity contribution in [2.24, 2.45) is 0 Å². The molecule has 0 spiro atoms. The summed E-state index contributed by atoms with van der Waals surface area (Å²) in [6.45, 7) is 3.80. The van der Waals surface area contributed by atoms with Crippen LogP contribution in [0.1, 0.15) is 5.69 Å². The molecular weight excluding hydrogens is 190 g/mol.